The molecular weight excluding hydrogens is 316 g/mol. The maximum Gasteiger partial charge on any atom is 0.253 e. The third-order valence-corrected chi connectivity index (χ3v) is 3.98. The van der Waals surface area contributed by atoms with Gasteiger partial charge in [0.25, 0.3) is 5.56 Å². The van der Waals surface area contributed by atoms with E-state index >= 15 is 0 Å². The van der Waals surface area contributed by atoms with Gasteiger partial charge in [0.1, 0.15) is 5.75 Å². The van der Waals surface area contributed by atoms with Gasteiger partial charge < -0.3 is 15.0 Å². The average molecular weight is 336 g/mol. The van der Waals surface area contributed by atoms with Crippen molar-refractivity contribution in [1.29, 1.82) is 0 Å². The van der Waals surface area contributed by atoms with Crippen LogP contribution in [0.15, 0.2) is 59.4 Å². The summed E-state index contributed by atoms with van der Waals surface area (Å²) in [5.74, 6) is 0.580. The highest BCUT2D eigenvalue weighted by Crippen LogP contribution is 2.15. The van der Waals surface area contributed by atoms with E-state index < -0.39 is 0 Å². The van der Waals surface area contributed by atoms with Gasteiger partial charge in [0, 0.05) is 12.1 Å². The Kier molecular flexibility index (Phi) is 5.14. The minimum Gasteiger partial charge on any atom is -0.493 e. The maximum absolute atomic E-state index is 12.2. The van der Waals surface area contributed by atoms with Gasteiger partial charge in [-0.3, -0.25) is 9.59 Å². The van der Waals surface area contributed by atoms with Crippen molar-refractivity contribution < 1.29 is 9.53 Å². The Bertz CT molecular complexity index is 933. The van der Waals surface area contributed by atoms with Crippen molar-refractivity contribution >= 4 is 16.8 Å². The Hall–Kier alpha value is -3.08. The van der Waals surface area contributed by atoms with Gasteiger partial charge in [-0.05, 0) is 36.1 Å². The number of pyridine rings is 1. The van der Waals surface area contributed by atoms with E-state index in [0.717, 1.165) is 22.2 Å². The fourth-order valence-corrected chi connectivity index (χ4v) is 2.62. The molecule has 0 saturated carbocycles. The molecule has 2 N–H and O–H groups in total. The summed E-state index contributed by atoms with van der Waals surface area (Å²) in [6.45, 7) is 2.44. The van der Waals surface area contributed by atoms with Gasteiger partial charge in [-0.1, -0.05) is 36.4 Å². The van der Waals surface area contributed by atoms with E-state index in [1.54, 1.807) is 0 Å². The van der Waals surface area contributed by atoms with Crippen molar-refractivity contribution in [1.82, 2.24) is 10.3 Å². The van der Waals surface area contributed by atoms with Crippen molar-refractivity contribution in [3.8, 4) is 5.75 Å². The van der Waals surface area contributed by atoms with Crippen LogP contribution in [0.1, 0.15) is 17.5 Å². The van der Waals surface area contributed by atoms with Gasteiger partial charge in [-0.15, -0.1) is 0 Å². The largest absolute Gasteiger partial charge is 0.493 e. The van der Waals surface area contributed by atoms with Gasteiger partial charge in [0.05, 0.1) is 18.5 Å². The Morgan fingerprint density at radius 3 is 2.72 bits per heavy atom. The molecule has 0 aliphatic rings. The second-order valence-electron chi connectivity index (χ2n) is 5.85. The van der Waals surface area contributed by atoms with Crippen LogP contribution in [0.3, 0.4) is 0 Å². The van der Waals surface area contributed by atoms with Crippen LogP contribution in [0.2, 0.25) is 0 Å². The van der Waals surface area contributed by atoms with Crippen LogP contribution in [0.25, 0.3) is 10.9 Å². The van der Waals surface area contributed by atoms with Gasteiger partial charge >= 0.3 is 0 Å². The number of rotatable bonds is 6. The molecule has 0 aliphatic carbocycles. The van der Waals surface area contributed by atoms with E-state index in [-0.39, 0.29) is 24.4 Å². The number of amides is 1. The minimum absolute atomic E-state index is 0.153. The number of carbonyl (C=O) groups is 1. The zero-order chi connectivity index (χ0) is 17.6. The number of nitrogens with one attached hydrogen (secondary N) is 2. The number of carbonyl (C=O) groups excluding carboxylic acids is 1. The number of para-hydroxylation sites is 2. The molecule has 3 rings (SSSR count). The summed E-state index contributed by atoms with van der Waals surface area (Å²) in [6.07, 6.45) is 0.236. The number of aryl methyl sites for hydroxylation is 1. The number of fused-ring (bicyclic) bond motifs is 1. The SMILES string of the molecule is Cc1cccc2cc(CNC(=O)CCOc3ccccc3)c(=O)[nH]c12. The topological polar surface area (TPSA) is 71.2 Å². The molecule has 2 aromatic carbocycles. The predicted octanol–water partition coefficient (Wildman–Crippen LogP) is 2.92. The van der Waals surface area contributed by atoms with E-state index in [0.29, 0.717) is 12.2 Å². The van der Waals surface area contributed by atoms with Crippen LogP contribution in [-0.2, 0) is 11.3 Å². The lowest BCUT2D eigenvalue weighted by molar-refractivity contribution is -0.121. The standard InChI is InChI=1S/C20H20N2O3/c1-14-6-5-7-15-12-16(20(24)22-19(14)15)13-21-18(23)10-11-25-17-8-3-2-4-9-17/h2-9,12H,10-11,13H2,1H3,(H,21,23)(H,22,24). The average Bonchev–Trinajstić information content (AvgIpc) is 2.62. The number of H-pyrrole nitrogens is 1. The van der Waals surface area contributed by atoms with E-state index in [9.17, 15) is 9.59 Å². The molecular formula is C20H20N2O3. The summed E-state index contributed by atoms with van der Waals surface area (Å²) in [6, 6.07) is 17.0. The number of hydrogen-bond acceptors (Lipinski definition) is 3. The smallest absolute Gasteiger partial charge is 0.253 e. The first kappa shape index (κ1) is 16.8. The van der Waals surface area contributed by atoms with E-state index in [1.807, 2.05) is 61.5 Å². The van der Waals surface area contributed by atoms with Crippen molar-refractivity contribution in [2.75, 3.05) is 6.61 Å². The Balaban J connectivity index is 1.56. The number of benzene rings is 2. The molecule has 0 aliphatic heterocycles. The number of hydrogen-bond donors (Lipinski definition) is 2. The van der Waals surface area contributed by atoms with E-state index in [1.165, 1.54) is 0 Å². The van der Waals surface area contributed by atoms with Crippen molar-refractivity contribution in [2.45, 2.75) is 19.9 Å². The highest BCUT2D eigenvalue weighted by molar-refractivity contribution is 5.82. The number of aromatic nitrogens is 1. The normalized spacial score (nSPS) is 10.6. The fourth-order valence-electron chi connectivity index (χ4n) is 2.62. The highest BCUT2D eigenvalue weighted by Gasteiger charge is 2.07. The number of ether oxygens (including phenoxy) is 1. The van der Waals surface area contributed by atoms with Gasteiger partial charge in [-0.2, -0.15) is 0 Å². The first-order chi connectivity index (χ1) is 12.1. The second kappa shape index (κ2) is 7.66. The summed E-state index contributed by atoms with van der Waals surface area (Å²) in [5, 5.41) is 3.72. The molecule has 1 amide bonds. The monoisotopic (exact) mass is 336 g/mol. The van der Waals surface area contributed by atoms with Gasteiger partial charge in [0.15, 0.2) is 0 Å². The molecule has 0 atom stereocenters. The minimum atomic E-state index is -0.178. The van der Waals surface area contributed by atoms with Gasteiger partial charge in [-0.25, -0.2) is 0 Å². The van der Waals surface area contributed by atoms with Crippen molar-refractivity contribution in [3.05, 3.63) is 76.1 Å². The molecule has 3 aromatic rings. The highest BCUT2D eigenvalue weighted by atomic mass is 16.5. The van der Waals surface area contributed by atoms with Crippen LogP contribution >= 0.6 is 0 Å². The lowest BCUT2D eigenvalue weighted by Crippen LogP contribution is -2.27. The quantitative estimate of drug-likeness (QED) is 0.727. The summed E-state index contributed by atoms with van der Waals surface area (Å²) in [5.41, 5.74) is 2.21. The van der Waals surface area contributed by atoms with Crippen LogP contribution in [0.4, 0.5) is 0 Å². The molecule has 1 heterocycles. The molecule has 5 nitrogen and oxygen atoms in total. The maximum atomic E-state index is 12.2. The van der Waals surface area contributed by atoms with Crippen LogP contribution in [-0.4, -0.2) is 17.5 Å². The van der Waals surface area contributed by atoms with Crippen molar-refractivity contribution in [3.63, 3.8) is 0 Å². The number of aromatic amines is 1. The van der Waals surface area contributed by atoms with Crippen LogP contribution in [0.5, 0.6) is 5.75 Å². The summed E-state index contributed by atoms with van der Waals surface area (Å²) in [4.78, 5) is 27.0. The molecule has 0 unspecified atom stereocenters. The summed E-state index contributed by atoms with van der Waals surface area (Å²) < 4.78 is 5.49. The molecule has 25 heavy (non-hydrogen) atoms. The molecule has 0 fully saturated rings. The van der Waals surface area contributed by atoms with Crippen LogP contribution in [0, 0.1) is 6.92 Å². The third-order valence-electron chi connectivity index (χ3n) is 3.98. The predicted molar refractivity (Wildman–Crippen MR) is 97.7 cm³/mol. The molecule has 0 spiro atoms. The van der Waals surface area contributed by atoms with Crippen LogP contribution < -0.4 is 15.6 Å². The first-order valence-electron chi connectivity index (χ1n) is 8.19. The summed E-state index contributed by atoms with van der Waals surface area (Å²) in [7, 11) is 0. The van der Waals surface area contributed by atoms with E-state index in [4.69, 9.17) is 4.74 Å². The second-order valence-corrected chi connectivity index (χ2v) is 5.85. The molecule has 0 bridgehead atoms. The molecule has 0 radical (unpaired) electrons. The molecule has 128 valence electrons. The molecule has 5 heteroatoms. The van der Waals surface area contributed by atoms with Crippen molar-refractivity contribution in [2.24, 2.45) is 0 Å². The zero-order valence-corrected chi connectivity index (χ0v) is 14.0. The lowest BCUT2D eigenvalue weighted by Gasteiger charge is -2.08. The molecule has 0 saturated heterocycles. The Labute approximate surface area is 145 Å². The fraction of sp³-hybridized carbons (Fsp3) is 0.200. The summed E-state index contributed by atoms with van der Waals surface area (Å²) >= 11 is 0. The third kappa shape index (κ3) is 4.26. The van der Waals surface area contributed by atoms with E-state index in [2.05, 4.69) is 10.3 Å². The molecule has 1 aromatic heterocycles. The Morgan fingerprint density at radius 1 is 1.12 bits per heavy atom. The van der Waals surface area contributed by atoms with Gasteiger partial charge in [0.2, 0.25) is 5.91 Å². The Morgan fingerprint density at radius 2 is 1.92 bits per heavy atom. The first-order valence-corrected chi connectivity index (χ1v) is 8.19. The zero-order valence-electron chi connectivity index (χ0n) is 14.0. The lowest BCUT2D eigenvalue weighted by atomic mass is 10.1.